The molecule has 4 unspecified atom stereocenters. The lowest BCUT2D eigenvalue weighted by molar-refractivity contribution is -0.138. The van der Waals surface area contributed by atoms with E-state index in [1.165, 1.54) is 25.7 Å². The lowest BCUT2D eigenvalue weighted by Crippen LogP contribution is -2.55. The minimum absolute atomic E-state index is 0.243. The summed E-state index contributed by atoms with van der Waals surface area (Å²) < 4.78 is 0. The Morgan fingerprint density at radius 1 is 1.00 bits per heavy atom. The highest BCUT2D eigenvalue weighted by Gasteiger charge is 2.43. The molecule has 0 aromatic rings. The van der Waals surface area contributed by atoms with Crippen molar-refractivity contribution in [1.29, 1.82) is 0 Å². The van der Waals surface area contributed by atoms with E-state index in [-0.39, 0.29) is 5.92 Å². The van der Waals surface area contributed by atoms with Crippen LogP contribution in [0.25, 0.3) is 0 Å². The van der Waals surface area contributed by atoms with Gasteiger partial charge in [0.2, 0.25) is 5.91 Å². The first kappa shape index (κ1) is 14.0. The third kappa shape index (κ3) is 2.72. The smallest absolute Gasteiger partial charge is 0.227 e. The summed E-state index contributed by atoms with van der Waals surface area (Å²) in [6.07, 6.45) is 8.10. The maximum absolute atomic E-state index is 12.6. The summed E-state index contributed by atoms with van der Waals surface area (Å²) >= 11 is 0. The average molecular weight is 291 g/mol. The van der Waals surface area contributed by atoms with Crippen LogP contribution in [0.4, 0.5) is 0 Å². The summed E-state index contributed by atoms with van der Waals surface area (Å²) in [5.41, 5.74) is 0. The van der Waals surface area contributed by atoms with Crippen LogP contribution in [0.5, 0.6) is 0 Å². The first-order chi connectivity index (χ1) is 10.3. The molecule has 0 spiro atoms. The molecule has 2 aliphatic carbocycles. The highest BCUT2D eigenvalue weighted by molar-refractivity contribution is 5.79. The predicted octanol–water partition coefficient (Wildman–Crippen LogP) is 1.32. The average Bonchev–Trinajstić information content (AvgIpc) is 3.18. The van der Waals surface area contributed by atoms with Gasteiger partial charge in [-0.05, 0) is 50.5 Å². The van der Waals surface area contributed by atoms with Gasteiger partial charge in [-0.15, -0.1) is 0 Å². The summed E-state index contributed by atoms with van der Waals surface area (Å²) in [4.78, 5) is 17.4. The maximum atomic E-state index is 12.6. The van der Waals surface area contributed by atoms with Gasteiger partial charge in [-0.3, -0.25) is 9.69 Å². The molecular formula is C17H29N3O. The fraction of sp³-hybridized carbons (Fsp3) is 0.941. The number of nitrogens with one attached hydrogen (secondary N) is 1. The summed E-state index contributed by atoms with van der Waals surface area (Å²) in [5, 5.41) is 3.37. The predicted molar refractivity (Wildman–Crippen MR) is 83.0 cm³/mol. The van der Waals surface area contributed by atoms with Crippen LogP contribution in [0.2, 0.25) is 0 Å². The van der Waals surface area contributed by atoms with E-state index >= 15 is 0 Å². The zero-order chi connectivity index (χ0) is 14.2. The topological polar surface area (TPSA) is 35.6 Å². The Balaban J connectivity index is 1.29. The third-order valence-electron chi connectivity index (χ3n) is 6.44. The van der Waals surface area contributed by atoms with Crippen LogP contribution in [-0.4, -0.2) is 61.0 Å². The molecule has 0 aromatic heterocycles. The molecule has 4 nitrogen and oxygen atoms in total. The van der Waals surface area contributed by atoms with Crippen molar-refractivity contribution in [2.75, 3.05) is 39.3 Å². The molecule has 4 heteroatoms. The molecule has 0 radical (unpaired) electrons. The van der Waals surface area contributed by atoms with Gasteiger partial charge < -0.3 is 10.2 Å². The van der Waals surface area contributed by atoms with Gasteiger partial charge >= 0.3 is 0 Å². The molecule has 2 saturated carbocycles. The molecule has 2 bridgehead atoms. The van der Waals surface area contributed by atoms with Crippen molar-refractivity contribution >= 4 is 5.91 Å². The van der Waals surface area contributed by atoms with Gasteiger partial charge in [0.05, 0.1) is 5.92 Å². The quantitative estimate of drug-likeness (QED) is 0.833. The second-order valence-electron chi connectivity index (χ2n) is 7.65. The summed E-state index contributed by atoms with van der Waals surface area (Å²) in [6.45, 7) is 6.12. The molecule has 4 fully saturated rings. The number of nitrogens with zero attached hydrogens (tertiary/aromatic N) is 2. The first-order valence-corrected chi connectivity index (χ1v) is 9.05. The van der Waals surface area contributed by atoms with Crippen molar-refractivity contribution in [2.24, 2.45) is 17.8 Å². The maximum Gasteiger partial charge on any atom is 0.227 e. The van der Waals surface area contributed by atoms with Gasteiger partial charge in [0.25, 0.3) is 0 Å². The zero-order valence-electron chi connectivity index (χ0n) is 13.1. The zero-order valence-corrected chi connectivity index (χ0v) is 13.1. The number of piperazine rings is 1. The van der Waals surface area contributed by atoms with E-state index in [1.807, 2.05) is 0 Å². The highest BCUT2D eigenvalue weighted by Crippen LogP contribution is 2.46. The van der Waals surface area contributed by atoms with Crippen LogP contribution < -0.4 is 5.32 Å². The van der Waals surface area contributed by atoms with Crippen molar-refractivity contribution in [2.45, 2.75) is 44.6 Å². The molecule has 1 amide bonds. The number of carbonyl (C=O) groups excluding carboxylic acids is 1. The molecule has 4 aliphatic rings. The Kier molecular flexibility index (Phi) is 3.92. The Morgan fingerprint density at radius 3 is 2.48 bits per heavy atom. The van der Waals surface area contributed by atoms with E-state index in [2.05, 4.69) is 15.1 Å². The standard InChI is InChI=1S/C17H29N3O/c21-17(15-2-1-5-18-12-15)20-8-6-19(7-9-20)16-11-13-3-4-14(16)10-13/h13-16,18H,1-12H2. The van der Waals surface area contributed by atoms with Crippen molar-refractivity contribution < 1.29 is 4.79 Å². The largest absolute Gasteiger partial charge is 0.340 e. The van der Waals surface area contributed by atoms with E-state index in [9.17, 15) is 4.79 Å². The number of amides is 1. The highest BCUT2D eigenvalue weighted by atomic mass is 16.2. The Hall–Kier alpha value is -0.610. The van der Waals surface area contributed by atoms with Gasteiger partial charge in [0.15, 0.2) is 0 Å². The lowest BCUT2D eigenvalue weighted by atomic mass is 9.93. The number of piperidine rings is 1. The number of fused-ring (bicyclic) bond motifs is 2. The fourth-order valence-corrected chi connectivity index (χ4v) is 5.25. The molecule has 4 atom stereocenters. The summed E-state index contributed by atoms with van der Waals surface area (Å²) in [7, 11) is 0. The van der Waals surface area contributed by atoms with Crippen molar-refractivity contribution in [3.63, 3.8) is 0 Å². The van der Waals surface area contributed by atoms with Crippen LogP contribution in [0.3, 0.4) is 0 Å². The molecule has 4 rings (SSSR count). The Morgan fingerprint density at radius 2 is 1.86 bits per heavy atom. The minimum atomic E-state index is 0.243. The van der Waals surface area contributed by atoms with Gasteiger partial charge in [0, 0.05) is 38.8 Å². The van der Waals surface area contributed by atoms with Crippen LogP contribution in [-0.2, 0) is 4.79 Å². The number of rotatable bonds is 2. The van der Waals surface area contributed by atoms with E-state index < -0.39 is 0 Å². The van der Waals surface area contributed by atoms with Crippen molar-refractivity contribution in [1.82, 2.24) is 15.1 Å². The van der Waals surface area contributed by atoms with Gasteiger partial charge in [-0.25, -0.2) is 0 Å². The van der Waals surface area contributed by atoms with E-state index in [1.54, 1.807) is 0 Å². The Labute approximate surface area is 128 Å². The van der Waals surface area contributed by atoms with Crippen LogP contribution >= 0.6 is 0 Å². The van der Waals surface area contributed by atoms with Crippen molar-refractivity contribution in [3.05, 3.63) is 0 Å². The molecule has 2 saturated heterocycles. The van der Waals surface area contributed by atoms with Crippen LogP contribution in [0.15, 0.2) is 0 Å². The normalized spacial score (nSPS) is 40.7. The number of carbonyl (C=O) groups is 1. The van der Waals surface area contributed by atoms with Gasteiger partial charge in [0.1, 0.15) is 0 Å². The molecule has 2 aliphatic heterocycles. The first-order valence-electron chi connectivity index (χ1n) is 9.05. The lowest BCUT2D eigenvalue weighted by Gasteiger charge is -2.42. The van der Waals surface area contributed by atoms with E-state index in [0.29, 0.717) is 5.91 Å². The molecular weight excluding hydrogens is 262 g/mol. The summed E-state index contributed by atoms with van der Waals surface area (Å²) in [5.74, 6) is 2.65. The summed E-state index contributed by atoms with van der Waals surface area (Å²) in [6, 6.07) is 0.845. The number of hydrogen-bond acceptors (Lipinski definition) is 3. The SMILES string of the molecule is O=C(C1CCCNC1)N1CCN(C2CC3CCC2C3)CC1. The second-order valence-corrected chi connectivity index (χ2v) is 7.65. The van der Waals surface area contributed by atoms with Crippen molar-refractivity contribution in [3.8, 4) is 0 Å². The van der Waals surface area contributed by atoms with Crippen LogP contribution in [0, 0.1) is 17.8 Å². The minimum Gasteiger partial charge on any atom is -0.340 e. The fourth-order valence-electron chi connectivity index (χ4n) is 5.25. The molecule has 21 heavy (non-hydrogen) atoms. The monoisotopic (exact) mass is 291 g/mol. The van der Waals surface area contributed by atoms with E-state index in [4.69, 9.17) is 0 Å². The van der Waals surface area contributed by atoms with Gasteiger partial charge in [-0.1, -0.05) is 6.42 Å². The molecule has 2 heterocycles. The van der Waals surface area contributed by atoms with E-state index in [0.717, 1.165) is 70.0 Å². The Bertz CT molecular complexity index is 385. The second kappa shape index (κ2) is 5.88. The molecule has 1 N–H and O–H groups in total. The molecule has 118 valence electrons. The third-order valence-corrected chi connectivity index (χ3v) is 6.44. The van der Waals surface area contributed by atoms with Gasteiger partial charge in [-0.2, -0.15) is 0 Å². The van der Waals surface area contributed by atoms with Crippen LogP contribution in [0.1, 0.15) is 38.5 Å². The number of hydrogen-bond donors (Lipinski definition) is 1. The molecule has 0 aromatic carbocycles.